The highest BCUT2D eigenvalue weighted by atomic mass is 16.7. The molecule has 2 rings (SSSR count). The summed E-state index contributed by atoms with van der Waals surface area (Å²) in [5.74, 6) is 2.22. The highest BCUT2D eigenvalue weighted by molar-refractivity contribution is 5.62. The van der Waals surface area contributed by atoms with Crippen LogP contribution in [0.15, 0.2) is 18.7 Å². The summed E-state index contributed by atoms with van der Waals surface area (Å²) in [5, 5.41) is 0. The molecule has 1 aliphatic rings. The largest absolute Gasteiger partial charge is 0.496 e. The van der Waals surface area contributed by atoms with Gasteiger partial charge < -0.3 is 14.2 Å². The van der Waals surface area contributed by atoms with E-state index in [1.54, 1.807) is 19.3 Å². The molecule has 0 unspecified atom stereocenters. The van der Waals surface area contributed by atoms with Crippen LogP contribution >= 0.6 is 0 Å². The van der Waals surface area contributed by atoms with Crippen molar-refractivity contribution in [1.82, 2.24) is 0 Å². The topological polar surface area (TPSA) is 27.7 Å². The molecule has 13 heavy (non-hydrogen) atoms. The van der Waals surface area contributed by atoms with E-state index in [0.717, 1.165) is 22.8 Å². The van der Waals surface area contributed by atoms with Crippen molar-refractivity contribution in [1.29, 1.82) is 0 Å². The first kappa shape index (κ1) is 7.98. The maximum atomic E-state index is 5.21. The molecule has 0 radical (unpaired) electrons. The summed E-state index contributed by atoms with van der Waals surface area (Å²) in [6, 6.07) is 3.66. The quantitative estimate of drug-likeness (QED) is 0.693. The van der Waals surface area contributed by atoms with Gasteiger partial charge in [0, 0.05) is 11.6 Å². The predicted octanol–water partition coefficient (Wildman–Crippen LogP) is 2.07. The van der Waals surface area contributed by atoms with Crippen LogP contribution < -0.4 is 14.2 Å². The van der Waals surface area contributed by atoms with E-state index in [1.807, 2.05) is 6.07 Å². The van der Waals surface area contributed by atoms with Gasteiger partial charge in [0.15, 0.2) is 11.5 Å². The lowest BCUT2D eigenvalue weighted by Gasteiger charge is -2.05. The van der Waals surface area contributed by atoms with Gasteiger partial charge in [-0.2, -0.15) is 0 Å². The molecule has 1 aromatic carbocycles. The van der Waals surface area contributed by atoms with Crippen LogP contribution in [-0.4, -0.2) is 13.9 Å². The smallest absolute Gasteiger partial charge is 0.231 e. The third kappa shape index (κ3) is 1.22. The van der Waals surface area contributed by atoms with E-state index in [-0.39, 0.29) is 6.79 Å². The van der Waals surface area contributed by atoms with Gasteiger partial charge in [-0.05, 0) is 6.07 Å². The first-order valence-corrected chi connectivity index (χ1v) is 3.95. The van der Waals surface area contributed by atoms with E-state index < -0.39 is 0 Å². The van der Waals surface area contributed by atoms with E-state index in [2.05, 4.69) is 6.58 Å². The number of hydrogen-bond acceptors (Lipinski definition) is 3. The zero-order chi connectivity index (χ0) is 9.26. The second kappa shape index (κ2) is 3.01. The Hall–Kier alpha value is -1.64. The average molecular weight is 178 g/mol. The zero-order valence-electron chi connectivity index (χ0n) is 7.37. The summed E-state index contributed by atoms with van der Waals surface area (Å²) in [6.45, 7) is 3.97. The molecule has 0 bridgehead atoms. The Morgan fingerprint density at radius 3 is 2.69 bits per heavy atom. The van der Waals surface area contributed by atoms with Gasteiger partial charge in [0.25, 0.3) is 0 Å². The number of methoxy groups -OCH3 is 1. The second-order valence-corrected chi connectivity index (χ2v) is 2.65. The van der Waals surface area contributed by atoms with Gasteiger partial charge >= 0.3 is 0 Å². The third-order valence-corrected chi connectivity index (χ3v) is 1.94. The lowest BCUT2D eigenvalue weighted by Crippen LogP contribution is -1.92. The van der Waals surface area contributed by atoms with Crippen LogP contribution in [0, 0.1) is 0 Å². The highest BCUT2D eigenvalue weighted by Gasteiger charge is 2.16. The molecule has 0 saturated heterocycles. The molecule has 1 heterocycles. The number of ether oxygens (including phenoxy) is 3. The van der Waals surface area contributed by atoms with Gasteiger partial charge in [0.1, 0.15) is 5.75 Å². The summed E-state index contributed by atoms with van der Waals surface area (Å²) in [4.78, 5) is 0. The van der Waals surface area contributed by atoms with Gasteiger partial charge in [0.05, 0.1) is 7.11 Å². The molecule has 0 saturated carbocycles. The Labute approximate surface area is 76.5 Å². The maximum absolute atomic E-state index is 5.21. The van der Waals surface area contributed by atoms with E-state index in [9.17, 15) is 0 Å². The molecule has 1 aromatic rings. The van der Waals surface area contributed by atoms with E-state index in [4.69, 9.17) is 14.2 Å². The van der Waals surface area contributed by atoms with E-state index in [0.29, 0.717) is 0 Å². The van der Waals surface area contributed by atoms with Crippen molar-refractivity contribution in [3.63, 3.8) is 0 Å². The van der Waals surface area contributed by atoms with Crippen LogP contribution in [-0.2, 0) is 0 Å². The van der Waals surface area contributed by atoms with Crippen molar-refractivity contribution < 1.29 is 14.2 Å². The van der Waals surface area contributed by atoms with Crippen molar-refractivity contribution in [2.45, 2.75) is 0 Å². The number of fused-ring (bicyclic) bond motifs is 1. The lowest BCUT2D eigenvalue weighted by molar-refractivity contribution is 0.174. The number of benzene rings is 1. The maximum Gasteiger partial charge on any atom is 0.231 e. The Morgan fingerprint density at radius 2 is 2.08 bits per heavy atom. The summed E-state index contributed by atoms with van der Waals surface area (Å²) in [5.41, 5.74) is 0.909. The van der Waals surface area contributed by atoms with Crippen molar-refractivity contribution in [2.75, 3.05) is 13.9 Å². The lowest BCUT2D eigenvalue weighted by atomic mass is 10.2. The molecule has 0 atom stereocenters. The first-order chi connectivity index (χ1) is 6.35. The van der Waals surface area contributed by atoms with Crippen LogP contribution in [0.4, 0.5) is 0 Å². The third-order valence-electron chi connectivity index (χ3n) is 1.94. The molecule has 0 aliphatic carbocycles. The van der Waals surface area contributed by atoms with Gasteiger partial charge in [-0.3, -0.25) is 0 Å². The van der Waals surface area contributed by atoms with Gasteiger partial charge in [-0.25, -0.2) is 0 Å². The van der Waals surface area contributed by atoms with Crippen molar-refractivity contribution in [3.05, 3.63) is 24.3 Å². The van der Waals surface area contributed by atoms with Crippen LogP contribution in [0.3, 0.4) is 0 Å². The van der Waals surface area contributed by atoms with Gasteiger partial charge in [0.2, 0.25) is 6.79 Å². The van der Waals surface area contributed by atoms with Crippen molar-refractivity contribution in [3.8, 4) is 17.2 Å². The molecule has 3 nitrogen and oxygen atoms in total. The first-order valence-electron chi connectivity index (χ1n) is 3.95. The predicted molar refractivity (Wildman–Crippen MR) is 49.2 cm³/mol. The molecule has 0 spiro atoms. The van der Waals surface area contributed by atoms with Crippen LogP contribution in [0.2, 0.25) is 0 Å². The summed E-state index contributed by atoms with van der Waals surface area (Å²) < 4.78 is 15.6. The SMILES string of the molecule is C=Cc1cc2c(cc1OC)OCO2. The molecule has 0 fully saturated rings. The molecule has 3 heteroatoms. The average Bonchev–Trinajstić information content (AvgIpc) is 2.62. The van der Waals surface area contributed by atoms with Crippen LogP contribution in [0.25, 0.3) is 6.08 Å². The molecular weight excluding hydrogens is 168 g/mol. The van der Waals surface area contributed by atoms with E-state index >= 15 is 0 Å². The monoisotopic (exact) mass is 178 g/mol. The molecule has 1 aliphatic heterocycles. The fraction of sp³-hybridized carbons (Fsp3) is 0.200. The normalized spacial score (nSPS) is 12.7. The zero-order valence-corrected chi connectivity index (χ0v) is 7.37. The Balaban J connectivity index is 2.53. The minimum absolute atomic E-state index is 0.277. The fourth-order valence-electron chi connectivity index (χ4n) is 1.28. The summed E-state index contributed by atoms with van der Waals surface area (Å²) in [7, 11) is 1.62. The highest BCUT2D eigenvalue weighted by Crippen LogP contribution is 2.38. The Bertz CT molecular complexity index is 344. The molecule has 0 amide bonds. The Morgan fingerprint density at radius 1 is 1.38 bits per heavy atom. The molecule has 0 N–H and O–H groups in total. The van der Waals surface area contributed by atoms with Gasteiger partial charge in [-0.1, -0.05) is 12.7 Å². The minimum Gasteiger partial charge on any atom is -0.496 e. The second-order valence-electron chi connectivity index (χ2n) is 2.65. The standard InChI is InChI=1S/C10H10O3/c1-3-7-4-9-10(13-6-12-9)5-8(7)11-2/h3-5H,1,6H2,2H3. The van der Waals surface area contributed by atoms with Crippen molar-refractivity contribution in [2.24, 2.45) is 0 Å². The molecular formula is C10H10O3. The van der Waals surface area contributed by atoms with Crippen LogP contribution in [0.5, 0.6) is 17.2 Å². The van der Waals surface area contributed by atoms with E-state index in [1.165, 1.54) is 0 Å². The number of hydrogen-bond donors (Lipinski definition) is 0. The summed E-state index contributed by atoms with van der Waals surface area (Å²) in [6.07, 6.45) is 1.72. The molecule has 0 aromatic heterocycles. The van der Waals surface area contributed by atoms with Crippen molar-refractivity contribution >= 4 is 6.08 Å². The number of rotatable bonds is 2. The Kier molecular flexibility index (Phi) is 1.85. The van der Waals surface area contributed by atoms with Crippen LogP contribution in [0.1, 0.15) is 5.56 Å². The van der Waals surface area contributed by atoms with Gasteiger partial charge in [-0.15, -0.1) is 0 Å². The molecule has 68 valence electrons. The summed E-state index contributed by atoms with van der Waals surface area (Å²) >= 11 is 0. The fourth-order valence-corrected chi connectivity index (χ4v) is 1.28. The minimum atomic E-state index is 0.277.